The predicted octanol–water partition coefficient (Wildman–Crippen LogP) is 5.88. The fourth-order valence-corrected chi connectivity index (χ4v) is 3.34. The van der Waals surface area contributed by atoms with Gasteiger partial charge in [0.05, 0.1) is 0 Å². The van der Waals surface area contributed by atoms with E-state index in [2.05, 4.69) is 15.3 Å². The molecule has 3 rings (SSSR count). The van der Waals surface area contributed by atoms with Gasteiger partial charge in [0.2, 0.25) is 7.59 Å². The fraction of sp³-hybridized carbons (Fsp3) is 0.389. The molecule has 1 heterocycles. The smallest absolute Gasteiger partial charge is 0.339 e. The van der Waals surface area contributed by atoms with E-state index in [1.165, 1.54) is 0 Å². The zero-order valence-corrected chi connectivity index (χ0v) is 19.3. The molecular formula is C18H15Cl6N3O2. The van der Waals surface area contributed by atoms with Crippen LogP contribution in [0.4, 0.5) is 0 Å². The molecule has 156 valence electrons. The van der Waals surface area contributed by atoms with Crippen LogP contribution in [-0.2, 0) is 9.53 Å². The van der Waals surface area contributed by atoms with E-state index in [1.807, 2.05) is 12.2 Å². The molecule has 29 heavy (non-hydrogen) atoms. The van der Waals surface area contributed by atoms with Gasteiger partial charge in [-0.2, -0.15) is 0 Å². The average Bonchev–Trinajstić information content (AvgIpc) is 2.67. The molecule has 1 N–H and O–H groups in total. The Hall–Kier alpha value is -0.690. The number of ether oxygens (including phenoxy) is 1. The van der Waals surface area contributed by atoms with Gasteiger partial charge < -0.3 is 10.1 Å². The Morgan fingerprint density at radius 1 is 1.03 bits per heavy atom. The van der Waals surface area contributed by atoms with Crippen molar-refractivity contribution >= 4 is 87.2 Å². The van der Waals surface area contributed by atoms with Crippen LogP contribution >= 0.6 is 69.6 Å². The van der Waals surface area contributed by atoms with E-state index in [-0.39, 0.29) is 11.8 Å². The summed E-state index contributed by atoms with van der Waals surface area (Å²) in [6.45, 7) is 0. The first kappa shape index (κ1) is 23.0. The third-order valence-corrected chi connectivity index (χ3v) is 5.34. The quantitative estimate of drug-likeness (QED) is 0.376. The van der Waals surface area contributed by atoms with E-state index < -0.39 is 13.8 Å². The van der Waals surface area contributed by atoms with Crippen molar-refractivity contribution in [3.05, 3.63) is 47.3 Å². The summed E-state index contributed by atoms with van der Waals surface area (Å²) >= 11 is 35.7. The van der Waals surface area contributed by atoms with Crippen LogP contribution in [0, 0.1) is 0 Å². The van der Waals surface area contributed by atoms with Crippen LogP contribution in [0.1, 0.15) is 25.7 Å². The summed E-state index contributed by atoms with van der Waals surface area (Å²) in [4.78, 5) is 20.8. The number of nitrogens with one attached hydrogen (secondary N) is 1. The Balaban J connectivity index is 1.78. The molecule has 5 nitrogen and oxygen atoms in total. The van der Waals surface area contributed by atoms with Gasteiger partial charge in [-0.05, 0) is 30.9 Å². The number of esters is 1. The first-order valence-corrected chi connectivity index (χ1v) is 10.9. The van der Waals surface area contributed by atoms with Crippen molar-refractivity contribution < 1.29 is 9.53 Å². The number of nitrogens with zero attached hydrogens (tertiary/aromatic N) is 2. The molecule has 0 fully saturated rings. The standard InChI is InChI=1S/C18H15Cl6N3O2/c19-17(20,21)15-25-13(26-16(27-15)18(22,23)24)10-6-8-11(9-7-10)14(28)29-12-4-2-1-3-5-12/h1-2,4,6,8,15H,3,5,7,9H2,(H,25,26,27). The first-order chi connectivity index (χ1) is 13.5. The number of alkyl halides is 6. The van der Waals surface area contributed by atoms with Gasteiger partial charge >= 0.3 is 5.97 Å². The lowest BCUT2D eigenvalue weighted by atomic mass is 9.97. The summed E-state index contributed by atoms with van der Waals surface area (Å²) in [6.07, 6.45) is 10.5. The van der Waals surface area contributed by atoms with E-state index in [0.717, 1.165) is 12.0 Å². The van der Waals surface area contributed by atoms with Crippen molar-refractivity contribution in [2.75, 3.05) is 0 Å². The van der Waals surface area contributed by atoms with Crippen LogP contribution in [0.15, 0.2) is 57.3 Å². The highest BCUT2D eigenvalue weighted by Crippen LogP contribution is 2.37. The number of hydrogen-bond acceptors (Lipinski definition) is 5. The van der Waals surface area contributed by atoms with Gasteiger partial charge in [0.25, 0.3) is 0 Å². The molecule has 2 aliphatic carbocycles. The fourth-order valence-electron chi connectivity index (χ4n) is 2.76. The lowest BCUT2D eigenvalue weighted by Crippen LogP contribution is -2.46. The number of carbonyl (C=O) groups is 1. The zero-order chi connectivity index (χ0) is 21.2. The molecule has 0 aromatic rings. The maximum Gasteiger partial charge on any atom is 0.339 e. The minimum Gasteiger partial charge on any atom is -0.428 e. The topological polar surface area (TPSA) is 63.0 Å². The molecule has 0 saturated carbocycles. The second-order valence-electron chi connectivity index (χ2n) is 6.37. The molecular weight excluding hydrogens is 503 g/mol. The van der Waals surface area contributed by atoms with Gasteiger partial charge in [-0.3, -0.25) is 0 Å². The summed E-state index contributed by atoms with van der Waals surface area (Å²) in [5.41, 5.74) is 1.30. The van der Waals surface area contributed by atoms with E-state index in [9.17, 15) is 4.79 Å². The van der Waals surface area contributed by atoms with Crippen molar-refractivity contribution in [2.45, 2.75) is 39.4 Å². The number of halogens is 6. The molecule has 0 saturated heterocycles. The third-order valence-electron chi connectivity index (χ3n) is 4.22. The number of aliphatic imine (C=N–C) groups is 2. The highest BCUT2D eigenvalue weighted by atomic mass is 35.6. The summed E-state index contributed by atoms with van der Waals surface area (Å²) in [5.74, 6) is 0.640. The van der Waals surface area contributed by atoms with E-state index in [1.54, 1.807) is 18.2 Å². The van der Waals surface area contributed by atoms with Crippen molar-refractivity contribution in [2.24, 2.45) is 9.98 Å². The maximum absolute atomic E-state index is 12.4. The van der Waals surface area contributed by atoms with E-state index in [4.69, 9.17) is 74.3 Å². The van der Waals surface area contributed by atoms with Gasteiger partial charge in [-0.1, -0.05) is 93.9 Å². The zero-order valence-electron chi connectivity index (χ0n) is 14.8. The minimum absolute atomic E-state index is 0.00352. The van der Waals surface area contributed by atoms with Gasteiger partial charge in [0, 0.05) is 12.0 Å². The molecule has 1 aliphatic heterocycles. The van der Waals surface area contributed by atoms with Gasteiger partial charge in [-0.25, -0.2) is 14.8 Å². The summed E-state index contributed by atoms with van der Waals surface area (Å²) in [7, 11) is 0. The van der Waals surface area contributed by atoms with Crippen LogP contribution in [0.3, 0.4) is 0 Å². The van der Waals surface area contributed by atoms with Crippen LogP contribution in [0.25, 0.3) is 0 Å². The highest BCUT2D eigenvalue weighted by molar-refractivity contribution is 6.77. The van der Waals surface area contributed by atoms with Crippen LogP contribution in [0.5, 0.6) is 0 Å². The Labute approximate surface area is 198 Å². The lowest BCUT2D eigenvalue weighted by molar-refractivity contribution is -0.135. The molecule has 3 aliphatic rings. The molecule has 0 aromatic heterocycles. The molecule has 1 atom stereocenters. The normalized spacial score (nSPS) is 22.6. The van der Waals surface area contributed by atoms with Crippen molar-refractivity contribution in [3.63, 3.8) is 0 Å². The largest absolute Gasteiger partial charge is 0.428 e. The number of rotatable bonds is 3. The Bertz CT molecular complexity index is 875. The number of hydrogen-bond donors (Lipinski definition) is 1. The summed E-state index contributed by atoms with van der Waals surface area (Å²) in [6, 6.07) is 0. The molecule has 11 heteroatoms. The van der Waals surface area contributed by atoms with Gasteiger partial charge in [-0.15, -0.1) is 0 Å². The third kappa shape index (κ3) is 6.16. The van der Waals surface area contributed by atoms with Crippen molar-refractivity contribution in [1.29, 1.82) is 0 Å². The summed E-state index contributed by atoms with van der Waals surface area (Å²) < 4.78 is 1.77. The molecule has 0 amide bonds. The minimum atomic E-state index is -1.85. The van der Waals surface area contributed by atoms with Crippen molar-refractivity contribution in [1.82, 2.24) is 5.32 Å². The number of carbonyl (C=O) groups excluding carboxylic acids is 1. The Morgan fingerprint density at radius 2 is 1.79 bits per heavy atom. The molecule has 0 aromatic carbocycles. The monoisotopic (exact) mass is 515 g/mol. The van der Waals surface area contributed by atoms with Gasteiger partial charge in [0.15, 0.2) is 12.0 Å². The first-order valence-electron chi connectivity index (χ1n) is 8.58. The average molecular weight is 518 g/mol. The number of allylic oxidation sites excluding steroid dienone is 6. The van der Waals surface area contributed by atoms with Crippen LogP contribution < -0.4 is 5.32 Å². The predicted molar refractivity (Wildman–Crippen MR) is 120 cm³/mol. The maximum atomic E-state index is 12.4. The van der Waals surface area contributed by atoms with Gasteiger partial charge in [0.1, 0.15) is 11.6 Å². The molecule has 0 radical (unpaired) electrons. The number of amidine groups is 2. The van der Waals surface area contributed by atoms with Crippen LogP contribution in [-0.4, -0.2) is 31.4 Å². The van der Waals surface area contributed by atoms with E-state index in [0.29, 0.717) is 36.4 Å². The van der Waals surface area contributed by atoms with E-state index >= 15 is 0 Å². The highest BCUT2D eigenvalue weighted by Gasteiger charge is 2.40. The Morgan fingerprint density at radius 3 is 2.34 bits per heavy atom. The van der Waals surface area contributed by atoms with Crippen LogP contribution in [0.2, 0.25) is 0 Å². The summed E-state index contributed by atoms with van der Waals surface area (Å²) in [5, 5.41) is 2.87. The molecule has 0 bridgehead atoms. The Kier molecular flexibility index (Phi) is 7.30. The lowest BCUT2D eigenvalue weighted by Gasteiger charge is -2.29. The SMILES string of the molecule is O=C(OC1=CC=CCC1)C1=CC=C(C2=NC(C(Cl)(Cl)Cl)N=C(C(Cl)(Cl)Cl)N2)CC1. The second kappa shape index (κ2) is 9.21. The second-order valence-corrected chi connectivity index (χ2v) is 11.0. The molecule has 0 spiro atoms. The van der Waals surface area contributed by atoms with Crippen molar-refractivity contribution in [3.8, 4) is 0 Å². The molecule has 1 unspecified atom stereocenters.